The van der Waals surface area contributed by atoms with Crippen molar-refractivity contribution in [2.75, 3.05) is 27.9 Å². The second-order valence-corrected chi connectivity index (χ2v) is 4.20. The zero-order valence-electron chi connectivity index (χ0n) is 11.3. The van der Waals surface area contributed by atoms with E-state index in [4.69, 9.17) is 4.74 Å². The van der Waals surface area contributed by atoms with Gasteiger partial charge in [0.25, 0.3) is 0 Å². The summed E-state index contributed by atoms with van der Waals surface area (Å²) in [5.74, 6) is -2.90. The summed E-state index contributed by atoms with van der Waals surface area (Å²) in [5, 5.41) is 0. The van der Waals surface area contributed by atoms with Gasteiger partial charge in [0.2, 0.25) is 0 Å². The SMILES string of the molecule is COC(=O)C[C@@]1(C(=O)OC)OCCC[C@H]1C(=O)OC. The van der Waals surface area contributed by atoms with Crippen LogP contribution in [0.2, 0.25) is 0 Å². The van der Waals surface area contributed by atoms with Gasteiger partial charge >= 0.3 is 17.9 Å². The van der Waals surface area contributed by atoms with Crippen molar-refractivity contribution in [3.05, 3.63) is 0 Å². The number of methoxy groups -OCH3 is 3. The van der Waals surface area contributed by atoms with Gasteiger partial charge in [-0.05, 0) is 12.8 Å². The van der Waals surface area contributed by atoms with E-state index in [1.807, 2.05) is 0 Å². The van der Waals surface area contributed by atoms with Crippen LogP contribution in [0.25, 0.3) is 0 Å². The second kappa shape index (κ2) is 6.51. The molecule has 0 saturated carbocycles. The zero-order chi connectivity index (χ0) is 14.5. The fourth-order valence-corrected chi connectivity index (χ4v) is 2.23. The van der Waals surface area contributed by atoms with E-state index in [9.17, 15) is 14.4 Å². The van der Waals surface area contributed by atoms with E-state index in [2.05, 4.69) is 14.2 Å². The van der Waals surface area contributed by atoms with Crippen LogP contribution < -0.4 is 0 Å². The third-order valence-corrected chi connectivity index (χ3v) is 3.21. The Morgan fingerprint density at radius 1 is 1.16 bits per heavy atom. The maximum absolute atomic E-state index is 12.0. The molecule has 0 radical (unpaired) electrons. The molecular weight excluding hydrogens is 256 g/mol. The van der Waals surface area contributed by atoms with Gasteiger partial charge in [0.05, 0.1) is 33.7 Å². The Morgan fingerprint density at radius 3 is 2.37 bits per heavy atom. The Hall–Kier alpha value is -1.63. The number of hydrogen-bond donors (Lipinski definition) is 0. The van der Waals surface area contributed by atoms with Crippen LogP contribution in [0, 0.1) is 5.92 Å². The Bertz CT molecular complexity index is 365. The van der Waals surface area contributed by atoms with Crippen molar-refractivity contribution in [2.24, 2.45) is 5.92 Å². The average Bonchev–Trinajstić information content (AvgIpc) is 2.45. The lowest BCUT2D eigenvalue weighted by Crippen LogP contribution is -2.56. The molecule has 7 nitrogen and oxygen atoms in total. The van der Waals surface area contributed by atoms with Gasteiger partial charge in [0, 0.05) is 6.61 Å². The fourth-order valence-electron chi connectivity index (χ4n) is 2.23. The molecule has 0 amide bonds. The summed E-state index contributed by atoms with van der Waals surface area (Å²) in [6, 6.07) is 0. The molecule has 1 rings (SSSR count). The molecule has 108 valence electrons. The third kappa shape index (κ3) is 3.04. The monoisotopic (exact) mass is 274 g/mol. The fraction of sp³-hybridized carbons (Fsp3) is 0.750. The minimum absolute atomic E-state index is 0.263. The Morgan fingerprint density at radius 2 is 1.84 bits per heavy atom. The van der Waals surface area contributed by atoms with Crippen LogP contribution in [-0.2, 0) is 33.3 Å². The highest BCUT2D eigenvalue weighted by molar-refractivity contribution is 5.91. The van der Waals surface area contributed by atoms with E-state index in [1.165, 1.54) is 21.3 Å². The summed E-state index contributed by atoms with van der Waals surface area (Å²) in [4.78, 5) is 35.3. The standard InChI is InChI=1S/C12H18O7/c1-16-9(13)7-12(11(15)18-3)8(10(14)17-2)5-4-6-19-12/h8H,4-7H2,1-3H3/t8-,12+/m0/s1. The minimum Gasteiger partial charge on any atom is -0.469 e. The second-order valence-electron chi connectivity index (χ2n) is 4.20. The van der Waals surface area contributed by atoms with E-state index in [-0.39, 0.29) is 13.0 Å². The van der Waals surface area contributed by atoms with Crippen LogP contribution in [0.5, 0.6) is 0 Å². The topological polar surface area (TPSA) is 88.1 Å². The van der Waals surface area contributed by atoms with Crippen LogP contribution in [-0.4, -0.2) is 51.4 Å². The van der Waals surface area contributed by atoms with Crippen LogP contribution in [0.3, 0.4) is 0 Å². The van der Waals surface area contributed by atoms with Crippen LogP contribution >= 0.6 is 0 Å². The zero-order valence-corrected chi connectivity index (χ0v) is 11.3. The Balaban J connectivity index is 3.12. The molecule has 0 aliphatic carbocycles. The molecule has 1 aliphatic heterocycles. The lowest BCUT2D eigenvalue weighted by Gasteiger charge is -2.38. The van der Waals surface area contributed by atoms with Crippen molar-refractivity contribution >= 4 is 17.9 Å². The van der Waals surface area contributed by atoms with Crippen molar-refractivity contribution in [1.29, 1.82) is 0 Å². The molecule has 1 heterocycles. The largest absolute Gasteiger partial charge is 0.469 e. The van der Waals surface area contributed by atoms with Crippen molar-refractivity contribution in [1.82, 2.24) is 0 Å². The molecule has 0 aromatic rings. The molecule has 2 atom stereocenters. The van der Waals surface area contributed by atoms with Crippen LogP contribution in [0.15, 0.2) is 0 Å². The number of esters is 3. The van der Waals surface area contributed by atoms with Crippen molar-refractivity contribution in [2.45, 2.75) is 24.9 Å². The van der Waals surface area contributed by atoms with E-state index < -0.39 is 29.4 Å². The molecule has 0 aromatic carbocycles. The van der Waals surface area contributed by atoms with Crippen molar-refractivity contribution in [3.63, 3.8) is 0 Å². The molecule has 1 saturated heterocycles. The van der Waals surface area contributed by atoms with Gasteiger partial charge in [-0.1, -0.05) is 0 Å². The molecule has 19 heavy (non-hydrogen) atoms. The van der Waals surface area contributed by atoms with Crippen LogP contribution in [0.1, 0.15) is 19.3 Å². The highest BCUT2D eigenvalue weighted by Gasteiger charge is 2.55. The smallest absolute Gasteiger partial charge is 0.339 e. The van der Waals surface area contributed by atoms with E-state index >= 15 is 0 Å². The first-order valence-corrected chi connectivity index (χ1v) is 5.88. The lowest BCUT2D eigenvalue weighted by atomic mass is 9.79. The predicted molar refractivity (Wildman–Crippen MR) is 62.1 cm³/mol. The van der Waals surface area contributed by atoms with Crippen molar-refractivity contribution in [3.8, 4) is 0 Å². The van der Waals surface area contributed by atoms with Gasteiger partial charge in [-0.2, -0.15) is 0 Å². The molecule has 0 unspecified atom stereocenters. The summed E-state index contributed by atoms with van der Waals surface area (Å²) in [6.07, 6.45) is 0.606. The number of carbonyl (C=O) groups is 3. The van der Waals surface area contributed by atoms with E-state index in [1.54, 1.807) is 0 Å². The van der Waals surface area contributed by atoms with E-state index in [0.717, 1.165) is 0 Å². The molecule has 0 spiro atoms. The maximum Gasteiger partial charge on any atom is 0.339 e. The Labute approximate surface area is 111 Å². The number of rotatable bonds is 4. The summed E-state index contributed by atoms with van der Waals surface area (Å²) in [7, 11) is 3.59. The molecule has 0 aromatic heterocycles. The highest BCUT2D eigenvalue weighted by atomic mass is 16.6. The van der Waals surface area contributed by atoms with E-state index in [0.29, 0.717) is 12.8 Å². The average molecular weight is 274 g/mol. The quantitative estimate of drug-likeness (QED) is 0.529. The van der Waals surface area contributed by atoms with Gasteiger partial charge in [-0.25, -0.2) is 4.79 Å². The first-order valence-electron chi connectivity index (χ1n) is 5.88. The number of carbonyl (C=O) groups excluding carboxylic acids is 3. The summed E-state index contributed by atoms with van der Waals surface area (Å²) < 4.78 is 19.4. The summed E-state index contributed by atoms with van der Waals surface area (Å²) in [5.41, 5.74) is -1.66. The van der Waals surface area contributed by atoms with Gasteiger partial charge < -0.3 is 18.9 Å². The molecular formula is C12H18O7. The highest BCUT2D eigenvalue weighted by Crippen LogP contribution is 2.36. The molecule has 0 N–H and O–H groups in total. The number of hydrogen-bond acceptors (Lipinski definition) is 7. The van der Waals surface area contributed by atoms with Gasteiger partial charge in [-0.3, -0.25) is 9.59 Å². The van der Waals surface area contributed by atoms with Gasteiger partial charge in [0.15, 0.2) is 5.60 Å². The first kappa shape index (κ1) is 15.4. The first-order chi connectivity index (χ1) is 9.01. The molecule has 7 heteroatoms. The summed E-state index contributed by atoms with van der Waals surface area (Å²) >= 11 is 0. The third-order valence-electron chi connectivity index (χ3n) is 3.21. The number of ether oxygens (including phenoxy) is 4. The predicted octanol–water partition coefficient (Wildman–Crippen LogP) is 0.0609. The van der Waals surface area contributed by atoms with Crippen molar-refractivity contribution < 1.29 is 33.3 Å². The van der Waals surface area contributed by atoms with Gasteiger partial charge in [0.1, 0.15) is 0 Å². The van der Waals surface area contributed by atoms with Gasteiger partial charge in [-0.15, -0.1) is 0 Å². The molecule has 1 fully saturated rings. The summed E-state index contributed by atoms with van der Waals surface area (Å²) in [6.45, 7) is 0.263. The minimum atomic E-state index is -1.66. The molecule has 0 bridgehead atoms. The lowest BCUT2D eigenvalue weighted by molar-refractivity contribution is -0.200. The normalized spacial score (nSPS) is 26.4. The maximum atomic E-state index is 12.0. The Kier molecular flexibility index (Phi) is 5.29. The van der Waals surface area contributed by atoms with Crippen LogP contribution in [0.4, 0.5) is 0 Å². The molecule has 1 aliphatic rings.